The Morgan fingerprint density at radius 1 is 1.08 bits per heavy atom. The monoisotopic (exact) mass is 733 g/mol. The van der Waals surface area contributed by atoms with E-state index in [9.17, 15) is 24.6 Å². The van der Waals surface area contributed by atoms with Gasteiger partial charge in [0.2, 0.25) is 5.91 Å². The lowest BCUT2D eigenvalue weighted by Crippen LogP contribution is -2.69. The molecule has 3 aliphatic carbocycles. The largest absolute Gasteiger partial charge is 0.458 e. The first kappa shape index (κ1) is 37.9. The van der Waals surface area contributed by atoms with E-state index in [1.54, 1.807) is 12.4 Å². The summed E-state index contributed by atoms with van der Waals surface area (Å²) in [6.45, 7) is 19.6. The third kappa shape index (κ3) is 6.19. The Bertz CT molecular complexity index is 1740. The van der Waals surface area contributed by atoms with Gasteiger partial charge in [-0.15, -0.1) is 6.58 Å². The average Bonchev–Trinajstić information content (AvgIpc) is 3.73. The molecule has 9 atom stereocenters. The fourth-order valence-corrected chi connectivity index (χ4v) is 11.1. The Morgan fingerprint density at radius 2 is 1.83 bits per heavy atom. The Hall–Kier alpha value is -3.39. The van der Waals surface area contributed by atoms with E-state index in [-0.39, 0.29) is 36.6 Å². The molecule has 3 saturated carbocycles. The second-order valence-electron chi connectivity index (χ2n) is 17.4. The summed E-state index contributed by atoms with van der Waals surface area (Å²) in [7, 11) is 0. The molecule has 13 nitrogen and oxygen atoms in total. The number of amides is 1. The summed E-state index contributed by atoms with van der Waals surface area (Å²) in [5.74, 6) is -0.0356. The van der Waals surface area contributed by atoms with Crippen molar-refractivity contribution in [1.82, 2.24) is 29.7 Å². The SMILES string of the molecule is C=CC1(C)CC(O)C2(C)C3C(=O)CCC3(CCC2(C)OC(=O)CN2CCN(C(=O)CCn3ccc4c(N5CCNCC5)ncnc43)[C@@H](C)C2)C(C)C1O. The van der Waals surface area contributed by atoms with Gasteiger partial charge in [-0.3, -0.25) is 19.3 Å². The molecule has 2 aromatic heterocycles. The van der Waals surface area contributed by atoms with E-state index in [1.807, 2.05) is 61.2 Å². The zero-order chi connectivity index (χ0) is 37.9. The Morgan fingerprint density at radius 3 is 2.55 bits per heavy atom. The number of nitrogens with one attached hydrogen (secondary N) is 1. The van der Waals surface area contributed by atoms with Crippen LogP contribution >= 0.6 is 0 Å². The zero-order valence-electron chi connectivity index (χ0n) is 32.2. The van der Waals surface area contributed by atoms with Crippen molar-refractivity contribution in [3.8, 4) is 0 Å². The third-order valence-electron chi connectivity index (χ3n) is 14.6. The summed E-state index contributed by atoms with van der Waals surface area (Å²) in [5, 5.41) is 28.1. The lowest BCUT2D eigenvalue weighted by atomic mass is 9.42. The average molecular weight is 734 g/mol. The highest BCUT2D eigenvalue weighted by molar-refractivity contribution is 5.88. The van der Waals surface area contributed by atoms with Crippen molar-refractivity contribution in [3.63, 3.8) is 0 Å². The first-order valence-corrected chi connectivity index (χ1v) is 19.7. The van der Waals surface area contributed by atoms with Crippen molar-refractivity contribution in [1.29, 1.82) is 0 Å². The lowest BCUT2D eigenvalue weighted by Gasteiger charge is -2.64. The molecule has 3 N–H and O–H groups in total. The fraction of sp³-hybridized carbons (Fsp3) is 0.725. The maximum Gasteiger partial charge on any atom is 0.320 e. The second-order valence-corrected chi connectivity index (χ2v) is 17.4. The number of carbonyl (C=O) groups excluding carboxylic acids is 3. The van der Waals surface area contributed by atoms with Crippen LogP contribution < -0.4 is 10.2 Å². The molecule has 8 unspecified atom stereocenters. The van der Waals surface area contributed by atoms with Gasteiger partial charge < -0.3 is 34.6 Å². The van der Waals surface area contributed by atoms with E-state index in [0.717, 1.165) is 43.0 Å². The second kappa shape index (κ2) is 14.0. The molecule has 2 aliphatic heterocycles. The standard InChI is InChI=1S/C40H59N7O6/c1-7-37(4)22-30(49)39(6)33-29(48)8-11-40(33,27(3)34(37)52)13-12-38(39,5)53-32(51)24-44-20-21-47(26(2)23-44)31(50)10-17-45-16-9-28-35(45)42-25-43-36(28)46-18-14-41-15-19-46/h7,9,16,25-27,30,33-34,41,49,52H,1,8,10-15,17-24H2,2-6H3/t26-,27?,30?,33?,34?,37?,38?,39?,40?/m0/s1. The number of aromatic nitrogens is 3. The quantitative estimate of drug-likeness (QED) is 0.271. The molecule has 53 heavy (non-hydrogen) atoms. The molecule has 2 bridgehead atoms. The first-order chi connectivity index (χ1) is 25.2. The van der Waals surface area contributed by atoms with E-state index < -0.39 is 45.9 Å². The van der Waals surface area contributed by atoms with Crippen LogP contribution in [0.25, 0.3) is 11.0 Å². The van der Waals surface area contributed by atoms with Gasteiger partial charge in [0.25, 0.3) is 0 Å². The van der Waals surface area contributed by atoms with Crippen LogP contribution in [0.3, 0.4) is 0 Å². The number of carbonyl (C=O) groups is 3. The fourth-order valence-electron chi connectivity index (χ4n) is 11.1. The normalized spacial score (nSPS) is 37.9. The van der Waals surface area contributed by atoms with Gasteiger partial charge in [-0.2, -0.15) is 0 Å². The summed E-state index contributed by atoms with van der Waals surface area (Å²) < 4.78 is 8.47. The van der Waals surface area contributed by atoms with Crippen molar-refractivity contribution in [2.45, 2.75) is 104 Å². The molecule has 0 radical (unpaired) electrons. The number of ketones is 1. The number of nitrogens with zero attached hydrogens (tertiary/aromatic N) is 6. The van der Waals surface area contributed by atoms with Crippen LogP contribution in [0.15, 0.2) is 31.2 Å². The molecule has 0 aromatic carbocycles. The number of aliphatic hydroxyl groups excluding tert-OH is 2. The number of piperazine rings is 2. The van der Waals surface area contributed by atoms with Crippen LogP contribution in [0.5, 0.6) is 0 Å². The van der Waals surface area contributed by atoms with Crippen LogP contribution in [0.2, 0.25) is 0 Å². The Balaban J connectivity index is 0.986. The molecule has 13 heteroatoms. The number of hydrogen-bond donors (Lipinski definition) is 3. The zero-order valence-corrected chi connectivity index (χ0v) is 32.2. The third-order valence-corrected chi connectivity index (χ3v) is 14.6. The molecule has 5 aliphatic rings. The molecular formula is C40H59N7O6. The molecule has 1 amide bonds. The number of aliphatic hydroxyl groups is 2. The topological polar surface area (TPSA) is 153 Å². The molecule has 2 aromatic rings. The summed E-state index contributed by atoms with van der Waals surface area (Å²) in [4.78, 5) is 56.4. The minimum atomic E-state index is -1.09. The summed E-state index contributed by atoms with van der Waals surface area (Å²) in [6, 6.07) is 1.94. The number of anilines is 1. The van der Waals surface area contributed by atoms with E-state index >= 15 is 0 Å². The molecule has 2 saturated heterocycles. The Kier molecular flexibility index (Phi) is 10.0. The maximum atomic E-state index is 13.8. The Labute approximate surface area is 313 Å². The van der Waals surface area contributed by atoms with Gasteiger partial charge in [0.1, 0.15) is 29.2 Å². The number of fused-ring (bicyclic) bond motifs is 1. The van der Waals surface area contributed by atoms with Crippen molar-refractivity contribution in [2.24, 2.45) is 28.1 Å². The van der Waals surface area contributed by atoms with Gasteiger partial charge in [-0.05, 0) is 56.9 Å². The van der Waals surface area contributed by atoms with Gasteiger partial charge in [0, 0.05) is 94.2 Å². The highest BCUT2D eigenvalue weighted by Crippen LogP contribution is 2.69. The lowest BCUT2D eigenvalue weighted by molar-refractivity contribution is -0.253. The van der Waals surface area contributed by atoms with E-state index in [1.165, 1.54) is 0 Å². The predicted octanol–water partition coefficient (Wildman–Crippen LogP) is 2.79. The number of ether oxygens (including phenoxy) is 1. The van der Waals surface area contributed by atoms with Gasteiger partial charge in [-0.25, -0.2) is 9.97 Å². The minimum Gasteiger partial charge on any atom is -0.458 e. The number of hydrogen-bond acceptors (Lipinski definition) is 11. The smallest absolute Gasteiger partial charge is 0.320 e. The van der Waals surface area contributed by atoms with Crippen molar-refractivity contribution < 1.29 is 29.3 Å². The summed E-state index contributed by atoms with van der Waals surface area (Å²) in [5.41, 5.74) is -2.57. The van der Waals surface area contributed by atoms with Crippen molar-refractivity contribution in [2.75, 3.05) is 57.3 Å². The van der Waals surface area contributed by atoms with Crippen LogP contribution in [0, 0.1) is 28.1 Å². The predicted molar refractivity (Wildman–Crippen MR) is 201 cm³/mol. The van der Waals surface area contributed by atoms with Crippen LogP contribution in [-0.4, -0.2) is 128 Å². The maximum absolute atomic E-state index is 13.8. The summed E-state index contributed by atoms with van der Waals surface area (Å²) in [6.07, 6.45) is 6.29. The van der Waals surface area contributed by atoms with Crippen molar-refractivity contribution >= 4 is 34.5 Å². The molecule has 290 valence electrons. The molecule has 7 rings (SSSR count). The number of Topliss-reactive ketones (excluding diaryl/α,β-unsaturated/α-hetero) is 1. The number of esters is 1. The highest BCUT2D eigenvalue weighted by Gasteiger charge is 2.72. The summed E-state index contributed by atoms with van der Waals surface area (Å²) >= 11 is 0. The van der Waals surface area contributed by atoms with Crippen molar-refractivity contribution in [3.05, 3.63) is 31.2 Å². The van der Waals surface area contributed by atoms with Gasteiger partial charge in [0.05, 0.1) is 24.1 Å². The van der Waals surface area contributed by atoms with E-state index in [0.29, 0.717) is 58.3 Å². The van der Waals surface area contributed by atoms with Gasteiger partial charge >= 0.3 is 5.97 Å². The van der Waals surface area contributed by atoms with Crippen LogP contribution in [-0.2, 0) is 25.7 Å². The molecule has 4 heterocycles. The van der Waals surface area contributed by atoms with E-state index in [2.05, 4.69) is 26.8 Å². The minimum absolute atomic E-state index is 0.0574. The molecular weight excluding hydrogens is 674 g/mol. The van der Waals surface area contributed by atoms with E-state index in [4.69, 9.17) is 4.74 Å². The highest BCUT2D eigenvalue weighted by atomic mass is 16.6. The molecule has 5 fully saturated rings. The van der Waals surface area contributed by atoms with Gasteiger partial charge in [0.15, 0.2) is 0 Å². The van der Waals surface area contributed by atoms with Gasteiger partial charge in [-0.1, -0.05) is 26.8 Å². The number of aryl methyl sites for hydroxylation is 1. The van der Waals surface area contributed by atoms with Crippen LogP contribution in [0.1, 0.15) is 73.1 Å². The molecule has 0 spiro atoms. The number of rotatable bonds is 8. The first-order valence-electron chi connectivity index (χ1n) is 19.7. The van der Waals surface area contributed by atoms with Crippen LogP contribution in [0.4, 0.5) is 5.82 Å².